The molecule has 0 atom stereocenters. The fourth-order valence-electron chi connectivity index (χ4n) is 3.18. The minimum atomic E-state index is -3.44. The number of piperazine rings is 1. The van der Waals surface area contributed by atoms with Crippen LogP contribution in [0.15, 0.2) is 48.5 Å². The number of ether oxygens (including phenoxy) is 1. The number of sulfonamides is 1. The summed E-state index contributed by atoms with van der Waals surface area (Å²) in [5.74, 6) is 0.109. The first-order chi connectivity index (χ1) is 14.3. The first kappa shape index (κ1) is 22.4. The molecular formula is C21H26ClN3O4S. The fraction of sp³-hybridized carbons (Fsp3) is 0.381. The molecule has 2 aromatic carbocycles. The van der Waals surface area contributed by atoms with E-state index in [0.29, 0.717) is 37.0 Å². The Hall–Kier alpha value is -2.29. The number of carbonyl (C=O) groups is 1. The Bertz CT molecular complexity index is 958. The molecule has 30 heavy (non-hydrogen) atoms. The molecule has 1 aliphatic heterocycles. The molecule has 0 spiro atoms. The number of carbonyl (C=O) groups excluding carboxylic acids is 1. The van der Waals surface area contributed by atoms with Gasteiger partial charge in [0.15, 0.2) is 6.61 Å². The maximum absolute atomic E-state index is 12.6. The smallest absolute Gasteiger partial charge is 0.257 e. The number of hydrogen-bond acceptors (Lipinski definition) is 5. The van der Waals surface area contributed by atoms with E-state index in [1.54, 1.807) is 12.1 Å². The summed E-state index contributed by atoms with van der Waals surface area (Å²) in [6.45, 7) is 3.85. The van der Waals surface area contributed by atoms with Gasteiger partial charge in [-0.3, -0.25) is 4.79 Å². The molecule has 1 heterocycles. The molecule has 0 aliphatic carbocycles. The summed E-state index contributed by atoms with van der Waals surface area (Å²) in [5, 5.41) is 3.26. The average Bonchev–Trinajstić information content (AvgIpc) is 2.73. The molecule has 1 saturated heterocycles. The molecule has 162 valence electrons. The summed E-state index contributed by atoms with van der Waals surface area (Å²) in [6, 6.07) is 14.9. The van der Waals surface area contributed by atoms with Gasteiger partial charge in [-0.1, -0.05) is 35.4 Å². The lowest BCUT2D eigenvalue weighted by Crippen LogP contribution is -2.50. The lowest BCUT2D eigenvalue weighted by molar-refractivity contribution is -0.122. The van der Waals surface area contributed by atoms with E-state index in [4.69, 9.17) is 16.3 Å². The van der Waals surface area contributed by atoms with Crippen LogP contribution < -0.4 is 15.0 Å². The van der Waals surface area contributed by atoms with E-state index >= 15 is 0 Å². The molecule has 2 aromatic rings. The summed E-state index contributed by atoms with van der Waals surface area (Å²) in [7, 11) is -3.44. The van der Waals surface area contributed by atoms with Crippen LogP contribution in [-0.2, 0) is 14.8 Å². The summed E-state index contributed by atoms with van der Waals surface area (Å²) in [4.78, 5) is 14.0. The van der Waals surface area contributed by atoms with Crippen molar-refractivity contribution in [2.24, 2.45) is 0 Å². The van der Waals surface area contributed by atoms with Crippen LogP contribution in [0.25, 0.3) is 0 Å². The van der Waals surface area contributed by atoms with Crippen molar-refractivity contribution < 1.29 is 17.9 Å². The second-order valence-electron chi connectivity index (χ2n) is 7.13. The minimum Gasteiger partial charge on any atom is -0.484 e. The molecule has 0 bridgehead atoms. The highest BCUT2D eigenvalue weighted by Crippen LogP contribution is 2.21. The minimum absolute atomic E-state index is 0.0485. The van der Waals surface area contributed by atoms with Crippen LogP contribution in [0.4, 0.5) is 5.69 Å². The van der Waals surface area contributed by atoms with Crippen LogP contribution in [0.1, 0.15) is 5.56 Å². The predicted octanol–water partition coefficient (Wildman–Crippen LogP) is 2.30. The molecule has 1 N–H and O–H groups in total. The zero-order valence-electron chi connectivity index (χ0n) is 16.9. The number of anilines is 1. The van der Waals surface area contributed by atoms with E-state index in [0.717, 1.165) is 11.3 Å². The summed E-state index contributed by atoms with van der Waals surface area (Å²) >= 11 is 6.04. The Morgan fingerprint density at radius 1 is 1.10 bits per heavy atom. The number of benzene rings is 2. The van der Waals surface area contributed by atoms with Crippen LogP contribution in [0.3, 0.4) is 0 Å². The number of rotatable bonds is 8. The molecule has 3 rings (SSSR count). The number of amides is 1. The second kappa shape index (κ2) is 10.1. The standard InChI is InChI=1S/C21H26ClN3O4S/c1-17-5-7-20(8-6-17)29-16-21(26)23-9-14-30(27,28)25-12-10-24(11-13-25)19-4-2-3-18(22)15-19/h2-8,15H,9-14,16H2,1H3,(H,23,26). The highest BCUT2D eigenvalue weighted by atomic mass is 35.5. The van der Waals surface area contributed by atoms with Gasteiger partial charge in [0.1, 0.15) is 5.75 Å². The van der Waals surface area contributed by atoms with Gasteiger partial charge in [0, 0.05) is 43.4 Å². The third-order valence-corrected chi connectivity index (χ3v) is 6.99. The van der Waals surface area contributed by atoms with Crippen molar-refractivity contribution in [3.8, 4) is 5.75 Å². The average molecular weight is 452 g/mol. The third-order valence-electron chi connectivity index (χ3n) is 4.88. The first-order valence-electron chi connectivity index (χ1n) is 9.78. The van der Waals surface area contributed by atoms with E-state index in [-0.39, 0.29) is 24.8 Å². The van der Waals surface area contributed by atoms with Crippen LogP contribution in [-0.4, -0.2) is 63.7 Å². The third kappa shape index (κ3) is 6.35. The quantitative estimate of drug-likeness (QED) is 0.666. The molecule has 1 aliphatic rings. The Balaban J connectivity index is 1.40. The van der Waals surface area contributed by atoms with Gasteiger partial charge in [-0.15, -0.1) is 0 Å². The molecule has 1 amide bonds. The summed E-state index contributed by atoms with van der Waals surface area (Å²) in [6.07, 6.45) is 0. The van der Waals surface area contributed by atoms with Gasteiger partial charge >= 0.3 is 0 Å². The highest BCUT2D eigenvalue weighted by Gasteiger charge is 2.26. The zero-order chi connectivity index (χ0) is 21.6. The van der Waals surface area contributed by atoms with E-state index in [1.807, 2.05) is 43.3 Å². The SMILES string of the molecule is Cc1ccc(OCC(=O)NCCS(=O)(=O)N2CCN(c3cccc(Cl)c3)CC2)cc1. The predicted molar refractivity (Wildman–Crippen MR) is 119 cm³/mol. The van der Waals surface area contributed by atoms with E-state index in [9.17, 15) is 13.2 Å². The number of nitrogens with zero attached hydrogens (tertiary/aromatic N) is 2. The van der Waals surface area contributed by atoms with Crippen molar-refractivity contribution in [2.75, 3.05) is 50.0 Å². The normalized spacial score (nSPS) is 15.1. The maximum atomic E-state index is 12.6. The molecule has 0 unspecified atom stereocenters. The number of nitrogens with one attached hydrogen (secondary N) is 1. The lowest BCUT2D eigenvalue weighted by Gasteiger charge is -2.35. The van der Waals surface area contributed by atoms with Crippen molar-refractivity contribution in [3.05, 3.63) is 59.1 Å². The van der Waals surface area contributed by atoms with Gasteiger partial charge in [0.2, 0.25) is 10.0 Å². The first-order valence-corrected chi connectivity index (χ1v) is 11.8. The summed E-state index contributed by atoms with van der Waals surface area (Å²) in [5.41, 5.74) is 2.09. The van der Waals surface area contributed by atoms with Crippen molar-refractivity contribution >= 4 is 33.2 Å². The highest BCUT2D eigenvalue weighted by molar-refractivity contribution is 7.89. The lowest BCUT2D eigenvalue weighted by atomic mass is 10.2. The summed E-state index contributed by atoms with van der Waals surface area (Å²) < 4.78 is 32.0. The number of aryl methyl sites for hydroxylation is 1. The number of hydrogen-bond donors (Lipinski definition) is 1. The molecule has 1 fully saturated rings. The van der Waals surface area contributed by atoms with Crippen molar-refractivity contribution in [2.45, 2.75) is 6.92 Å². The van der Waals surface area contributed by atoms with Crippen LogP contribution in [0.2, 0.25) is 5.02 Å². The second-order valence-corrected chi connectivity index (χ2v) is 9.66. The fourth-order valence-corrected chi connectivity index (χ4v) is 4.70. The topological polar surface area (TPSA) is 78.9 Å². The Morgan fingerprint density at radius 3 is 2.47 bits per heavy atom. The Kier molecular flexibility index (Phi) is 7.58. The molecule has 0 saturated carbocycles. The Morgan fingerprint density at radius 2 is 1.80 bits per heavy atom. The van der Waals surface area contributed by atoms with E-state index < -0.39 is 10.0 Å². The van der Waals surface area contributed by atoms with E-state index in [2.05, 4.69) is 10.2 Å². The van der Waals surface area contributed by atoms with Gasteiger partial charge < -0.3 is 15.0 Å². The van der Waals surface area contributed by atoms with Crippen LogP contribution in [0, 0.1) is 6.92 Å². The van der Waals surface area contributed by atoms with Gasteiger partial charge in [-0.2, -0.15) is 4.31 Å². The van der Waals surface area contributed by atoms with E-state index in [1.165, 1.54) is 4.31 Å². The van der Waals surface area contributed by atoms with Crippen LogP contribution >= 0.6 is 11.6 Å². The largest absolute Gasteiger partial charge is 0.484 e. The molecular weight excluding hydrogens is 426 g/mol. The van der Waals surface area contributed by atoms with Gasteiger partial charge in [0.05, 0.1) is 5.75 Å². The van der Waals surface area contributed by atoms with Gasteiger partial charge in [-0.25, -0.2) is 8.42 Å². The van der Waals surface area contributed by atoms with Gasteiger partial charge in [0.25, 0.3) is 5.91 Å². The van der Waals surface area contributed by atoms with Crippen LogP contribution in [0.5, 0.6) is 5.75 Å². The molecule has 0 aromatic heterocycles. The Labute approximate surface area is 182 Å². The zero-order valence-corrected chi connectivity index (χ0v) is 18.5. The molecule has 9 heteroatoms. The van der Waals surface area contributed by atoms with Crippen molar-refractivity contribution in [1.29, 1.82) is 0 Å². The van der Waals surface area contributed by atoms with Crippen molar-refractivity contribution in [1.82, 2.24) is 9.62 Å². The number of halogens is 1. The molecule has 7 nitrogen and oxygen atoms in total. The maximum Gasteiger partial charge on any atom is 0.257 e. The monoisotopic (exact) mass is 451 g/mol. The molecule has 0 radical (unpaired) electrons. The van der Waals surface area contributed by atoms with Gasteiger partial charge in [-0.05, 0) is 37.3 Å². The van der Waals surface area contributed by atoms with Crippen molar-refractivity contribution in [3.63, 3.8) is 0 Å².